The number of esters is 1. The molecule has 0 saturated carbocycles. The fourth-order valence-corrected chi connectivity index (χ4v) is 2.27. The molecule has 0 aromatic heterocycles. The SMILES string of the molecule is O=C(OCc1cc(Cl)c2c(c1)OCO2)c1ccc(F)cc1F. The molecule has 0 saturated heterocycles. The van der Waals surface area contributed by atoms with Gasteiger partial charge in [0.15, 0.2) is 11.5 Å². The number of carbonyl (C=O) groups is 1. The summed E-state index contributed by atoms with van der Waals surface area (Å²) in [5, 5.41) is 0.328. The Labute approximate surface area is 129 Å². The van der Waals surface area contributed by atoms with Gasteiger partial charge in [-0.3, -0.25) is 0 Å². The minimum absolute atomic E-state index is 0.0685. The first kappa shape index (κ1) is 14.6. The molecule has 114 valence electrons. The standard InChI is InChI=1S/C15H9ClF2O4/c16-11-3-8(4-13-14(11)22-7-21-13)6-20-15(19)10-2-1-9(17)5-12(10)18/h1-5H,6-7H2. The van der Waals surface area contributed by atoms with Crippen molar-refractivity contribution in [3.63, 3.8) is 0 Å². The number of hydrogen-bond acceptors (Lipinski definition) is 4. The van der Waals surface area contributed by atoms with Crippen molar-refractivity contribution in [1.29, 1.82) is 0 Å². The van der Waals surface area contributed by atoms with Gasteiger partial charge in [-0.15, -0.1) is 0 Å². The van der Waals surface area contributed by atoms with Gasteiger partial charge in [0.1, 0.15) is 18.2 Å². The highest BCUT2D eigenvalue weighted by atomic mass is 35.5. The Morgan fingerprint density at radius 1 is 1.23 bits per heavy atom. The van der Waals surface area contributed by atoms with Crippen LogP contribution < -0.4 is 9.47 Å². The Kier molecular flexibility index (Phi) is 3.85. The summed E-state index contributed by atoms with van der Waals surface area (Å²) in [5.41, 5.74) is 0.221. The van der Waals surface area contributed by atoms with Crippen molar-refractivity contribution in [2.75, 3.05) is 6.79 Å². The fraction of sp³-hybridized carbons (Fsp3) is 0.133. The normalized spacial score (nSPS) is 12.3. The first-order chi connectivity index (χ1) is 10.5. The summed E-state index contributed by atoms with van der Waals surface area (Å²) in [4.78, 5) is 11.8. The van der Waals surface area contributed by atoms with Gasteiger partial charge in [-0.2, -0.15) is 0 Å². The van der Waals surface area contributed by atoms with E-state index in [0.717, 1.165) is 12.1 Å². The molecule has 22 heavy (non-hydrogen) atoms. The lowest BCUT2D eigenvalue weighted by molar-refractivity contribution is 0.0467. The molecule has 2 aromatic carbocycles. The Hall–Kier alpha value is -2.34. The van der Waals surface area contributed by atoms with Crippen molar-refractivity contribution in [2.45, 2.75) is 6.61 Å². The summed E-state index contributed by atoms with van der Waals surface area (Å²) in [7, 11) is 0. The zero-order valence-electron chi connectivity index (χ0n) is 11.1. The summed E-state index contributed by atoms with van der Waals surface area (Å²) in [5.74, 6) is -1.76. The maximum atomic E-state index is 13.5. The molecular formula is C15H9ClF2O4. The molecule has 0 aliphatic carbocycles. The Morgan fingerprint density at radius 3 is 2.82 bits per heavy atom. The van der Waals surface area contributed by atoms with Crippen molar-refractivity contribution < 1.29 is 27.8 Å². The monoisotopic (exact) mass is 326 g/mol. The Bertz CT molecular complexity index is 749. The van der Waals surface area contributed by atoms with E-state index < -0.39 is 17.6 Å². The third-order valence-corrected chi connectivity index (χ3v) is 3.29. The highest BCUT2D eigenvalue weighted by Gasteiger charge is 2.19. The quantitative estimate of drug-likeness (QED) is 0.807. The topological polar surface area (TPSA) is 44.8 Å². The summed E-state index contributed by atoms with van der Waals surface area (Å²) in [6.07, 6.45) is 0. The second-order valence-electron chi connectivity index (χ2n) is 4.51. The van der Waals surface area contributed by atoms with Gasteiger partial charge in [-0.25, -0.2) is 13.6 Å². The Morgan fingerprint density at radius 2 is 2.05 bits per heavy atom. The molecule has 1 aliphatic heterocycles. The lowest BCUT2D eigenvalue weighted by atomic mass is 10.2. The molecule has 2 aromatic rings. The number of rotatable bonds is 3. The first-order valence-electron chi connectivity index (χ1n) is 6.25. The maximum Gasteiger partial charge on any atom is 0.341 e. The van der Waals surface area contributed by atoms with E-state index in [9.17, 15) is 13.6 Å². The molecule has 0 N–H and O–H groups in total. The minimum atomic E-state index is -0.978. The lowest BCUT2D eigenvalue weighted by Crippen LogP contribution is -2.08. The van der Waals surface area contributed by atoms with E-state index >= 15 is 0 Å². The van der Waals surface area contributed by atoms with Crippen LogP contribution in [0.15, 0.2) is 30.3 Å². The third-order valence-electron chi connectivity index (χ3n) is 3.01. The summed E-state index contributed by atoms with van der Waals surface area (Å²) in [6, 6.07) is 5.80. The molecule has 0 fully saturated rings. The third kappa shape index (κ3) is 2.82. The van der Waals surface area contributed by atoms with Gasteiger partial charge in [0, 0.05) is 6.07 Å². The molecule has 0 spiro atoms. The van der Waals surface area contributed by atoms with Crippen LogP contribution in [0.3, 0.4) is 0 Å². The highest BCUT2D eigenvalue weighted by molar-refractivity contribution is 6.32. The molecule has 0 atom stereocenters. The van der Waals surface area contributed by atoms with Crippen molar-refractivity contribution in [3.8, 4) is 11.5 Å². The molecule has 3 rings (SSSR count). The van der Waals surface area contributed by atoms with E-state index in [1.807, 2.05) is 0 Å². The van der Waals surface area contributed by atoms with Crippen LogP contribution in [-0.2, 0) is 11.3 Å². The van der Waals surface area contributed by atoms with E-state index in [2.05, 4.69) is 0 Å². The Balaban J connectivity index is 1.72. The second-order valence-corrected chi connectivity index (χ2v) is 4.92. The van der Waals surface area contributed by atoms with Crippen LogP contribution in [0.5, 0.6) is 11.5 Å². The van der Waals surface area contributed by atoms with E-state index in [-0.39, 0.29) is 19.0 Å². The lowest BCUT2D eigenvalue weighted by Gasteiger charge is -2.07. The number of halogens is 3. The summed E-state index contributed by atoms with van der Waals surface area (Å²) in [6.45, 7) is -0.0644. The van der Waals surface area contributed by atoms with Gasteiger partial charge < -0.3 is 14.2 Å². The maximum absolute atomic E-state index is 13.5. The van der Waals surface area contributed by atoms with E-state index in [0.29, 0.717) is 28.2 Å². The van der Waals surface area contributed by atoms with Crippen LogP contribution in [0.2, 0.25) is 5.02 Å². The zero-order chi connectivity index (χ0) is 15.7. The van der Waals surface area contributed by atoms with Gasteiger partial charge in [0.25, 0.3) is 0 Å². The van der Waals surface area contributed by atoms with Crippen molar-refractivity contribution in [2.24, 2.45) is 0 Å². The molecule has 0 bridgehead atoms. The van der Waals surface area contributed by atoms with E-state index in [1.165, 1.54) is 0 Å². The van der Waals surface area contributed by atoms with Gasteiger partial charge in [0.05, 0.1) is 10.6 Å². The molecule has 0 amide bonds. The minimum Gasteiger partial charge on any atom is -0.457 e. The van der Waals surface area contributed by atoms with Crippen LogP contribution in [0.1, 0.15) is 15.9 Å². The van der Waals surface area contributed by atoms with Gasteiger partial charge in [-0.05, 0) is 29.8 Å². The highest BCUT2D eigenvalue weighted by Crippen LogP contribution is 2.39. The summed E-state index contributed by atoms with van der Waals surface area (Å²) >= 11 is 6.00. The molecule has 0 radical (unpaired) electrons. The van der Waals surface area contributed by atoms with Crippen LogP contribution in [-0.4, -0.2) is 12.8 Å². The molecule has 0 unspecified atom stereocenters. The number of ether oxygens (including phenoxy) is 3. The first-order valence-corrected chi connectivity index (χ1v) is 6.62. The molecule has 4 nitrogen and oxygen atoms in total. The van der Waals surface area contributed by atoms with Crippen LogP contribution in [0, 0.1) is 11.6 Å². The van der Waals surface area contributed by atoms with Crippen LogP contribution >= 0.6 is 11.6 Å². The van der Waals surface area contributed by atoms with Crippen molar-refractivity contribution in [3.05, 3.63) is 58.1 Å². The fourth-order valence-electron chi connectivity index (χ4n) is 1.99. The zero-order valence-corrected chi connectivity index (χ0v) is 11.8. The largest absolute Gasteiger partial charge is 0.457 e. The molecule has 7 heteroatoms. The van der Waals surface area contributed by atoms with E-state index in [1.54, 1.807) is 12.1 Å². The number of carbonyl (C=O) groups excluding carboxylic acids is 1. The smallest absolute Gasteiger partial charge is 0.341 e. The predicted molar refractivity (Wildman–Crippen MR) is 73.1 cm³/mol. The number of fused-ring (bicyclic) bond motifs is 1. The van der Waals surface area contributed by atoms with Crippen LogP contribution in [0.4, 0.5) is 8.78 Å². The second kappa shape index (κ2) is 5.81. The van der Waals surface area contributed by atoms with E-state index in [4.69, 9.17) is 25.8 Å². The van der Waals surface area contributed by atoms with Gasteiger partial charge in [-0.1, -0.05) is 11.6 Å². The van der Waals surface area contributed by atoms with Gasteiger partial charge in [0.2, 0.25) is 6.79 Å². The van der Waals surface area contributed by atoms with Gasteiger partial charge >= 0.3 is 5.97 Å². The predicted octanol–water partition coefficient (Wildman–Crippen LogP) is 3.70. The molecular weight excluding hydrogens is 318 g/mol. The number of hydrogen-bond donors (Lipinski definition) is 0. The average molecular weight is 327 g/mol. The van der Waals surface area contributed by atoms with Crippen molar-refractivity contribution in [1.82, 2.24) is 0 Å². The summed E-state index contributed by atoms with van der Waals surface area (Å²) < 4.78 is 41.6. The van der Waals surface area contributed by atoms with Crippen molar-refractivity contribution >= 4 is 17.6 Å². The van der Waals surface area contributed by atoms with Crippen LogP contribution in [0.25, 0.3) is 0 Å². The molecule has 1 heterocycles. The number of benzene rings is 2. The average Bonchev–Trinajstić information content (AvgIpc) is 2.93. The molecule has 1 aliphatic rings.